The maximum Gasteiger partial charge on any atom is 0.265 e. The van der Waals surface area contributed by atoms with Gasteiger partial charge in [-0.1, -0.05) is 12.1 Å². The number of benzene rings is 2. The highest BCUT2D eigenvalue weighted by Gasteiger charge is 2.20. The number of hydrogen-bond donors (Lipinski definition) is 1. The lowest BCUT2D eigenvalue weighted by Gasteiger charge is -2.12. The Balaban J connectivity index is 1.61. The van der Waals surface area contributed by atoms with Gasteiger partial charge in [-0.05, 0) is 30.3 Å². The number of fused-ring (bicyclic) bond motifs is 1. The monoisotopic (exact) mass is 403 g/mol. The Bertz CT molecular complexity index is 1190. The van der Waals surface area contributed by atoms with Crippen LogP contribution in [0.25, 0.3) is 16.2 Å². The van der Waals surface area contributed by atoms with E-state index in [1.165, 1.54) is 24.5 Å². The van der Waals surface area contributed by atoms with E-state index in [9.17, 15) is 12.8 Å². The molecule has 4 aromatic rings. The van der Waals surface area contributed by atoms with Gasteiger partial charge in [0, 0.05) is 29.0 Å². The van der Waals surface area contributed by atoms with Gasteiger partial charge in [0.25, 0.3) is 10.0 Å². The molecule has 27 heavy (non-hydrogen) atoms. The zero-order valence-electron chi connectivity index (χ0n) is 14.1. The van der Waals surface area contributed by atoms with Crippen LogP contribution in [0.4, 0.5) is 10.1 Å². The van der Waals surface area contributed by atoms with Crippen molar-refractivity contribution in [3.05, 3.63) is 66.1 Å². The van der Waals surface area contributed by atoms with E-state index < -0.39 is 15.8 Å². The van der Waals surface area contributed by atoms with Crippen LogP contribution in [0.15, 0.2) is 65.1 Å². The SMILES string of the molecule is COc1ccc(F)cc1S(=O)(=O)Nc1ccc(-c2cn3ccsc3n2)cc1. The van der Waals surface area contributed by atoms with Crippen molar-refractivity contribution in [2.75, 3.05) is 11.8 Å². The van der Waals surface area contributed by atoms with Crippen LogP contribution in [0.1, 0.15) is 0 Å². The molecule has 0 aliphatic heterocycles. The summed E-state index contributed by atoms with van der Waals surface area (Å²) in [5.41, 5.74) is 2.01. The van der Waals surface area contributed by atoms with Gasteiger partial charge >= 0.3 is 0 Å². The third-order valence-electron chi connectivity index (χ3n) is 3.94. The van der Waals surface area contributed by atoms with Crippen LogP contribution in [0.5, 0.6) is 5.75 Å². The first kappa shape index (κ1) is 17.5. The summed E-state index contributed by atoms with van der Waals surface area (Å²) >= 11 is 1.53. The van der Waals surface area contributed by atoms with Crippen molar-refractivity contribution >= 4 is 32.0 Å². The number of hydrogen-bond acceptors (Lipinski definition) is 5. The van der Waals surface area contributed by atoms with Gasteiger partial charge in [0.05, 0.1) is 12.8 Å². The van der Waals surface area contributed by atoms with Crippen LogP contribution in [0.3, 0.4) is 0 Å². The van der Waals surface area contributed by atoms with Crippen LogP contribution >= 0.6 is 11.3 Å². The molecule has 0 unspecified atom stereocenters. The minimum atomic E-state index is -4.00. The zero-order chi connectivity index (χ0) is 19.0. The second-order valence-electron chi connectivity index (χ2n) is 5.70. The molecule has 0 fully saturated rings. The van der Waals surface area contributed by atoms with Crippen molar-refractivity contribution in [2.45, 2.75) is 4.90 Å². The lowest BCUT2D eigenvalue weighted by atomic mass is 10.1. The summed E-state index contributed by atoms with van der Waals surface area (Å²) in [5, 5.41) is 1.95. The average molecular weight is 403 g/mol. The van der Waals surface area contributed by atoms with Gasteiger partial charge < -0.3 is 4.74 Å². The van der Waals surface area contributed by atoms with E-state index in [1.54, 1.807) is 24.3 Å². The number of halogens is 1. The van der Waals surface area contributed by atoms with E-state index >= 15 is 0 Å². The lowest BCUT2D eigenvalue weighted by molar-refractivity contribution is 0.401. The first-order valence-electron chi connectivity index (χ1n) is 7.85. The average Bonchev–Trinajstić information content (AvgIpc) is 3.24. The number of anilines is 1. The van der Waals surface area contributed by atoms with Crippen LogP contribution in [-0.2, 0) is 10.0 Å². The Kier molecular flexibility index (Phi) is 4.33. The minimum absolute atomic E-state index is 0.0681. The Morgan fingerprint density at radius 3 is 2.67 bits per heavy atom. The summed E-state index contributed by atoms with van der Waals surface area (Å²) in [6, 6.07) is 10.1. The highest BCUT2D eigenvalue weighted by atomic mass is 32.2. The molecule has 0 atom stereocenters. The van der Waals surface area contributed by atoms with Gasteiger partial charge in [-0.2, -0.15) is 0 Å². The fourth-order valence-electron chi connectivity index (χ4n) is 2.65. The second-order valence-corrected chi connectivity index (χ2v) is 8.22. The molecule has 0 aliphatic rings. The molecule has 138 valence electrons. The molecule has 0 amide bonds. The number of methoxy groups -OCH3 is 1. The summed E-state index contributed by atoms with van der Waals surface area (Å²) in [4.78, 5) is 5.13. The number of imidazole rings is 1. The molecule has 9 heteroatoms. The number of aromatic nitrogens is 2. The molecule has 6 nitrogen and oxygen atoms in total. The van der Waals surface area contributed by atoms with Crippen molar-refractivity contribution in [3.8, 4) is 17.0 Å². The summed E-state index contributed by atoms with van der Waals surface area (Å²) in [5.74, 6) is -0.593. The van der Waals surface area contributed by atoms with Crippen LogP contribution < -0.4 is 9.46 Å². The molecule has 4 rings (SSSR count). The molecule has 0 bridgehead atoms. The Morgan fingerprint density at radius 2 is 1.96 bits per heavy atom. The summed E-state index contributed by atoms with van der Waals surface area (Å²) in [7, 11) is -2.67. The topological polar surface area (TPSA) is 72.7 Å². The maximum absolute atomic E-state index is 13.5. The van der Waals surface area contributed by atoms with E-state index in [2.05, 4.69) is 9.71 Å². The fourth-order valence-corrected chi connectivity index (χ4v) is 4.59. The Labute approximate surface area is 158 Å². The molecule has 2 aromatic carbocycles. The van der Waals surface area contributed by atoms with Gasteiger partial charge in [-0.3, -0.25) is 9.12 Å². The van der Waals surface area contributed by atoms with E-state index in [0.29, 0.717) is 5.69 Å². The minimum Gasteiger partial charge on any atom is -0.495 e. The van der Waals surface area contributed by atoms with Crippen LogP contribution in [-0.4, -0.2) is 24.9 Å². The molecule has 0 radical (unpaired) electrons. The normalized spacial score (nSPS) is 11.6. The van der Waals surface area contributed by atoms with Gasteiger partial charge in [-0.25, -0.2) is 17.8 Å². The smallest absolute Gasteiger partial charge is 0.265 e. The van der Waals surface area contributed by atoms with E-state index in [0.717, 1.165) is 28.4 Å². The molecule has 0 saturated heterocycles. The van der Waals surface area contributed by atoms with Gasteiger partial charge in [0.2, 0.25) is 0 Å². The van der Waals surface area contributed by atoms with Crippen LogP contribution in [0.2, 0.25) is 0 Å². The molecule has 0 spiro atoms. The molecule has 2 aromatic heterocycles. The van der Waals surface area contributed by atoms with Crippen molar-refractivity contribution in [1.82, 2.24) is 9.38 Å². The number of rotatable bonds is 5. The molecule has 0 aliphatic carbocycles. The predicted octanol–water partition coefficient (Wildman–Crippen LogP) is 4.01. The Morgan fingerprint density at radius 1 is 1.19 bits per heavy atom. The predicted molar refractivity (Wildman–Crippen MR) is 102 cm³/mol. The van der Waals surface area contributed by atoms with E-state index in [1.807, 2.05) is 22.2 Å². The number of nitrogens with zero attached hydrogens (tertiary/aromatic N) is 2. The van der Waals surface area contributed by atoms with E-state index in [-0.39, 0.29) is 10.6 Å². The maximum atomic E-state index is 13.5. The third kappa shape index (κ3) is 3.38. The molecule has 2 heterocycles. The van der Waals surface area contributed by atoms with Gasteiger partial charge in [-0.15, -0.1) is 11.3 Å². The van der Waals surface area contributed by atoms with Gasteiger partial charge in [0.1, 0.15) is 16.5 Å². The first-order valence-corrected chi connectivity index (χ1v) is 10.2. The van der Waals surface area contributed by atoms with Gasteiger partial charge in [0.15, 0.2) is 4.96 Å². The largest absolute Gasteiger partial charge is 0.495 e. The molecular weight excluding hydrogens is 389 g/mol. The first-order chi connectivity index (χ1) is 13.0. The van der Waals surface area contributed by atoms with Crippen molar-refractivity contribution in [2.24, 2.45) is 0 Å². The zero-order valence-corrected chi connectivity index (χ0v) is 15.7. The molecular formula is C18H14FN3O3S2. The van der Waals surface area contributed by atoms with Crippen molar-refractivity contribution < 1.29 is 17.5 Å². The standard InChI is InChI=1S/C18H14FN3O3S2/c1-25-16-7-4-13(19)10-17(16)27(23,24)21-14-5-2-12(3-6-14)15-11-22-8-9-26-18(22)20-15/h2-11,21H,1H3. The molecule has 0 saturated carbocycles. The summed E-state index contributed by atoms with van der Waals surface area (Å²) in [6.07, 6.45) is 3.83. The molecule has 1 N–H and O–H groups in total. The van der Waals surface area contributed by atoms with E-state index in [4.69, 9.17) is 4.74 Å². The fraction of sp³-hybridized carbons (Fsp3) is 0.0556. The number of nitrogens with one attached hydrogen (secondary N) is 1. The highest BCUT2D eigenvalue weighted by molar-refractivity contribution is 7.92. The summed E-state index contributed by atoms with van der Waals surface area (Å²) in [6.45, 7) is 0. The lowest BCUT2D eigenvalue weighted by Crippen LogP contribution is -2.14. The second kappa shape index (κ2) is 6.67. The van der Waals surface area contributed by atoms with Crippen molar-refractivity contribution in [1.29, 1.82) is 0 Å². The van der Waals surface area contributed by atoms with Crippen LogP contribution in [0, 0.1) is 5.82 Å². The highest BCUT2D eigenvalue weighted by Crippen LogP contribution is 2.28. The Hall–Kier alpha value is -2.91. The number of thiazole rings is 1. The third-order valence-corrected chi connectivity index (χ3v) is 6.11. The number of sulfonamides is 1. The summed E-state index contributed by atoms with van der Waals surface area (Å²) < 4.78 is 48.1. The number of ether oxygens (including phenoxy) is 1. The van der Waals surface area contributed by atoms with Crippen molar-refractivity contribution in [3.63, 3.8) is 0 Å². The quantitative estimate of drug-likeness (QED) is 0.546.